The summed E-state index contributed by atoms with van der Waals surface area (Å²) in [5.74, 6) is 0. The summed E-state index contributed by atoms with van der Waals surface area (Å²) in [5.41, 5.74) is 2.77. The Bertz CT molecular complexity index is 829. The lowest BCUT2D eigenvalue weighted by atomic mass is 10.0. The minimum Gasteiger partial charge on any atom is -0.463 e. The first kappa shape index (κ1) is 18.7. The molecule has 5 nitrogen and oxygen atoms in total. The molecule has 0 saturated carbocycles. The Labute approximate surface area is 159 Å². The van der Waals surface area contributed by atoms with Crippen LogP contribution < -0.4 is 4.74 Å². The molecule has 0 saturated heterocycles. The number of ether oxygens (including phenoxy) is 1. The van der Waals surface area contributed by atoms with Crippen molar-refractivity contribution in [3.05, 3.63) is 84.2 Å². The van der Waals surface area contributed by atoms with E-state index in [1.807, 2.05) is 60.7 Å². The van der Waals surface area contributed by atoms with Crippen molar-refractivity contribution in [2.24, 2.45) is 4.99 Å². The fourth-order valence-electron chi connectivity index (χ4n) is 2.45. The Balaban J connectivity index is 1.81. The van der Waals surface area contributed by atoms with E-state index in [0.29, 0.717) is 18.7 Å². The van der Waals surface area contributed by atoms with E-state index in [1.165, 1.54) is 0 Å². The molecule has 0 fully saturated rings. The van der Waals surface area contributed by atoms with E-state index >= 15 is 0 Å². The van der Waals surface area contributed by atoms with E-state index in [2.05, 4.69) is 9.97 Å². The van der Waals surface area contributed by atoms with E-state index in [0.717, 1.165) is 16.8 Å². The lowest BCUT2D eigenvalue weighted by Gasteiger charge is -2.16. The van der Waals surface area contributed by atoms with E-state index < -0.39 is 5.60 Å². The fraction of sp³-hybridized carbons (Fsp3) is 0.227. The lowest BCUT2D eigenvalue weighted by molar-refractivity contribution is 0.0539. The number of rotatable bonds is 7. The Morgan fingerprint density at radius 1 is 0.926 bits per heavy atom. The Kier molecular flexibility index (Phi) is 5.94. The van der Waals surface area contributed by atoms with Gasteiger partial charge in [-0.15, -0.1) is 0 Å². The number of hydrogen-bond acceptors (Lipinski definition) is 5. The Hall–Kier alpha value is -3.05. The van der Waals surface area contributed by atoms with Crippen molar-refractivity contribution < 1.29 is 9.84 Å². The summed E-state index contributed by atoms with van der Waals surface area (Å²) in [6, 6.07) is 20.3. The van der Waals surface area contributed by atoms with Crippen molar-refractivity contribution in [2.45, 2.75) is 25.9 Å². The molecule has 3 rings (SSSR count). The van der Waals surface area contributed by atoms with E-state index in [9.17, 15) is 5.11 Å². The van der Waals surface area contributed by atoms with Crippen LogP contribution in [-0.2, 0) is 0 Å². The maximum absolute atomic E-state index is 9.72. The fourth-order valence-corrected chi connectivity index (χ4v) is 2.45. The van der Waals surface area contributed by atoms with Gasteiger partial charge in [-0.1, -0.05) is 60.7 Å². The van der Waals surface area contributed by atoms with Crippen LogP contribution in [0.25, 0.3) is 0 Å². The van der Waals surface area contributed by atoms with Gasteiger partial charge in [-0.25, -0.2) is 15.0 Å². The summed E-state index contributed by atoms with van der Waals surface area (Å²) in [7, 11) is 0. The SMILES string of the molecule is CC(C)(O)CCOc1ncc(N=C(c2ccccc2)c2ccccc2)cn1. The lowest BCUT2D eigenvalue weighted by Crippen LogP contribution is -2.22. The van der Waals surface area contributed by atoms with Gasteiger partial charge in [0.25, 0.3) is 0 Å². The summed E-state index contributed by atoms with van der Waals surface area (Å²) in [6.45, 7) is 3.83. The number of aliphatic hydroxyl groups is 1. The zero-order chi connectivity index (χ0) is 19.1. The molecule has 2 aromatic carbocycles. The monoisotopic (exact) mass is 361 g/mol. The molecule has 0 bridgehead atoms. The quantitative estimate of drug-likeness (QED) is 0.641. The highest BCUT2D eigenvalue weighted by atomic mass is 16.5. The van der Waals surface area contributed by atoms with Crippen LogP contribution in [0, 0.1) is 0 Å². The van der Waals surface area contributed by atoms with Crippen LogP contribution in [0.4, 0.5) is 5.69 Å². The number of aliphatic imine (C=N–C) groups is 1. The maximum Gasteiger partial charge on any atom is 0.316 e. The van der Waals surface area contributed by atoms with E-state index in [1.54, 1.807) is 26.2 Å². The smallest absolute Gasteiger partial charge is 0.316 e. The molecule has 1 aromatic heterocycles. The third-order valence-corrected chi connectivity index (χ3v) is 3.89. The molecular weight excluding hydrogens is 338 g/mol. The number of nitrogens with zero attached hydrogens (tertiary/aromatic N) is 3. The van der Waals surface area contributed by atoms with Gasteiger partial charge >= 0.3 is 6.01 Å². The molecule has 0 aliphatic heterocycles. The summed E-state index contributed by atoms with van der Waals surface area (Å²) >= 11 is 0. The highest BCUT2D eigenvalue weighted by Gasteiger charge is 2.12. The molecule has 0 amide bonds. The van der Waals surface area contributed by atoms with Crippen molar-refractivity contribution in [3.63, 3.8) is 0 Å². The maximum atomic E-state index is 9.72. The van der Waals surface area contributed by atoms with Crippen LogP contribution in [0.15, 0.2) is 78.0 Å². The molecule has 0 unspecified atom stereocenters. The number of aromatic nitrogens is 2. The number of hydrogen-bond donors (Lipinski definition) is 1. The first-order chi connectivity index (χ1) is 13.0. The third kappa shape index (κ3) is 5.72. The Morgan fingerprint density at radius 2 is 1.44 bits per heavy atom. The normalized spacial score (nSPS) is 11.1. The third-order valence-electron chi connectivity index (χ3n) is 3.89. The zero-order valence-corrected chi connectivity index (χ0v) is 15.5. The van der Waals surface area contributed by atoms with Gasteiger partial charge < -0.3 is 9.84 Å². The minimum absolute atomic E-state index is 0.277. The van der Waals surface area contributed by atoms with Gasteiger partial charge in [-0.2, -0.15) is 0 Å². The molecule has 0 atom stereocenters. The predicted octanol–water partition coefficient (Wildman–Crippen LogP) is 4.19. The summed E-state index contributed by atoms with van der Waals surface area (Å²) in [5, 5.41) is 9.72. The molecule has 0 aliphatic rings. The van der Waals surface area contributed by atoms with Gasteiger partial charge in [0, 0.05) is 17.5 Å². The van der Waals surface area contributed by atoms with Crippen LogP contribution in [0.2, 0.25) is 0 Å². The molecule has 3 aromatic rings. The summed E-state index contributed by atoms with van der Waals surface area (Å²) in [6.07, 6.45) is 3.78. The van der Waals surface area contributed by atoms with Crippen molar-refractivity contribution in [3.8, 4) is 6.01 Å². The topological polar surface area (TPSA) is 67.6 Å². The van der Waals surface area contributed by atoms with Gasteiger partial charge in [0.1, 0.15) is 5.69 Å². The van der Waals surface area contributed by atoms with Crippen molar-refractivity contribution in [1.82, 2.24) is 9.97 Å². The average Bonchev–Trinajstić information content (AvgIpc) is 2.68. The molecule has 1 N–H and O–H groups in total. The van der Waals surface area contributed by atoms with Gasteiger partial charge in [0.2, 0.25) is 0 Å². The van der Waals surface area contributed by atoms with Crippen LogP contribution in [-0.4, -0.2) is 33.0 Å². The van der Waals surface area contributed by atoms with Crippen molar-refractivity contribution >= 4 is 11.4 Å². The molecular formula is C22H23N3O2. The van der Waals surface area contributed by atoms with Crippen LogP contribution in [0.5, 0.6) is 6.01 Å². The zero-order valence-electron chi connectivity index (χ0n) is 15.5. The summed E-state index contributed by atoms with van der Waals surface area (Å²) in [4.78, 5) is 13.2. The molecule has 1 heterocycles. The summed E-state index contributed by atoms with van der Waals surface area (Å²) < 4.78 is 5.48. The number of benzene rings is 2. The first-order valence-corrected chi connectivity index (χ1v) is 8.88. The molecule has 0 spiro atoms. The molecule has 27 heavy (non-hydrogen) atoms. The van der Waals surface area contributed by atoms with Gasteiger partial charge in [-0.3, -0.25) is 0 Å². The minimum atomic E-state index is -0.773. The van der Waals surface area contributed by atoms with E-state index in [4.69, 9.17) is 9.73 Å². The van der Waals surface area contributed by atoms with Gasteiger partial charge in [-0.05, 0) is 13.8 Å². The van der Waals surface area contributed by atoms with Crippen LogP contribution in [0.1, 0.15) is 31.4 Å². The second kappa shape index (κ2) is 8.56. The molecule has 0 radical (unpaired) electrons. The van der Waals surface area contributed by atoms with Crippen LogP contribution in [0.3, 0.4) is 0 Å². The van der Waals surface area contributed by atoms with Gasteiger partial charge in [0.15, 0.2) is 0 Å². The van der Waals surface area contributed by atoms with Crippen molar-refractivity contribution in [2.75, 3.05) is 6.61 Å². The molecule has 138 valence electrons. The largest absolute Gasteiger partial charge is 0.463 e. The Morgan fingerprint density at radius 3 is 1.93 bits per heavy atom. The highest BCUT2D eigenvalue weighted by molar-refractivity contribution is 6.13. The van der Waals surface area contributed by atoms with Crippen LogP contribution >= 0.6 is 0 Å². The highest BCUT2D eigenvalue weighted by Crippen LogP contribution is 2.18. The van der Waals surface area contributed by atoms with Crippen molar-refractivity contribution in [1.29, 1.82) is 0 Å². The second-order valence-corrected chi connectivity index (χ2v) is 6.83. The van der Waals surface area contributed by atoms with Gasteiger partial charge in [0.05, 0.1) is 30.3 Å². The first-order valence-electron chi connectivity index (χ1n) is 8.88. The predicted molar refractivity (Wildman–Crippen MR) is 107 cm³/mol. The standard InChI is InChI=1S/C22H23N3O2/c1-22(2,26)13-14-27-21-23-15-19(16-24-21)25-20(17-9-5-3-6-10-17)18-11-7-4-8-12-18/h3-12,15-16,26H,13-14H2,1-2H3. The average molecular weight is 361 g/mol. The van der Waals surface area contributed by atoms with E-state index in [-0.39, 0.29) is 6.01 Å². The molecule has 0 aliphatic carbocycles. The second-order valence-electron chi connectivity index (χ2n) is 6.83. The molecule has 5 heteroatoms.